The van der Waals surface area contributed by atoms with E-state index < -0.39 is 11.7 Å². The monoisotopic (exact) mass is 467 g/mol. The van der Waals surface area contributed by atoms with E-state index in [4.69, 9.17) is 14.2 Å². The fraction of sp³-hybridized carbons (Fsp3) is 0.423. The Hall–Kier alpha value is -3.39. The molecule has 0 aliphatic heterocycles. The molecule has 8 heteroatoms. The van der Waals surface area contributed by atoms with Crippen molar-refractivity contribution in [1.29, 1.82) is 0 Å². The SMILES string of the molecule is COc1ccc(COC(=O)Cc2ccc3c(c2)c(CCN(C)C)nn3C(=O)OC(C)(C)C)cc1. The predicted molar refractivity (Wildman–Crippen MR) is 130 cm³/mol. The summed E-state index contributed by atoms with van der Waals surface area (Å²) in [5.41, 5.74) is 2.48. The number of nitrogens with zero attached hydrogens (tertiary/aromatic N) is 3. The Morgan fingerprint density at radius 3 is 2.32 bits per heavy atom. The van der Waals surface area contributed by atoms with Gasteiger partial charge >= 0.3 is 12.1 Å². The van der Waals surface area contributed by atoms with Gasteiger partial charge in [0.1, 0.15) is 18.0 Å². The van der Waals surface area contributed by atoms with E-state index in [0.717, 1.165) is 34.5 Å². The largest absolute Gasteiger partial charge is 0.497 e. The van der Waals surface area contributed by atoms with Gasteiger partial charge in [-0.15, -0.1) is 0 Å². The number of likely N-dealkylation sites (N-methyl/N-ethyl adjacent to an activating group) is 1. The molecule has 3 aromatic rings. The summed E-state index contributed by atoms with van der Waals surface area (Å²) in [6.45, 7) is 6.42. The molecule has 0 saturated carbocycles. The van der Waals surface area contributed by atoms with E-state index in [-0.39, 0.29) is 19.0 Å². The molecule has 34 heavy (non-hydrogen) atoms. The zero-order valence-electron chi connectivity index (χ0n) is 20.8. The van der Waals surface area contributed by atoms with Gasteiger partial charge in [0.2, 0.25) is 0 Å². The molecule has 0 atom stereocenters. The predicted octanol–water partition coefficient (Wildman–Crippen LogP) is 4.22. The third kappa shape index (κ3) is 6.81. The Kier molecular flexibility index (Phi) is 7.94. The first-order valence-corrected chi connectivity index (χ1v) is 11.2. The van der Waals surface area contributed by atoms with Crippen molar-refractivity contribution in [1.82, 2.24) is 14.7 Å². The molecule has 0 aliphatic rings. The molecule has 0 N–H and O–H groups in total. The second-order valence-corrected chi connectivity index (χ2v) is 9.43. The zero-order valence-corrected chi connectivity index (χ0v) is 20.8. The van der Waals surface area contributed by atoms with Crippen LogP contribution in [-0.4, -0.2) is 60.1 Å². The molecule has 0 radical (unpaired) electrons. The van der Waals surface area contributed by atoms with E-state index in [1.165, 1.54) is 4.68 Å². The van der Waals surface area contributed by atoms with Gasteiger partial charge in [-0.3, -0.25) is 4.79 Å². The lowest BCUT2D eigenvalue weighted by atomic mass is 10.1. The van der Waals surface area contributed by atoms with Crippen LogP contribution in [0.15, 0.2) is 42.5 Å². The molecule has 1 aromatic heterocycles. The third-order valence-corrected chi connectivity index (χ3v) is 5.09. The van der Waals surface area contributed by atoms with Crippen LogP contribution in [0, 0.1) is 0 Å². The van der Waals surface area contributed by atoms with E-state index in [2.05, 4.69) is 10.00 Å². The summed E-state index contributed by atoms with van der Waals surface area (Å²) in [5.74, 6) is 0.421. The number of hydrogen-bond acceptors (Lipinski definition) is 7. The van der Waals surface area contributed by atoms with Crippen LogP contribution in [0.25, 0.3) is 10.9 Å². The molecule has 1 heterocycles. The Morgan fingerprint density at radius 1 is 1.03 bits per heavy atom. The number of ether oxygens (including phenoxy) is 3. The van der Waals surface area contributed by atoms with Gasteiger partial charge in [0.15, 0.2) is 0 Å². The Balaban J connectivity index is 1.78. The van der Waals surface area contributed by atoms with Crippen LogP contribution in [0.1, 0.15) is 37.6 Å². The van der Waals surface area contributed by atoms with Crippen LogP contribution < -0.4 is 4.74 Å². The molecule has 3 rings (SSSR count). The van der Waals surface area contributed by atoms with Gasteiger partial charge in [-0.05, 0) is 70.3 Å². The fourth-order valence-corrected chi connectivity index (χ4v) is 3.40. The van der Waals surface area contributed by atoms with E-state index in [9.17, 15) is 9.59 Å². The standard InChI is InChI=1S/C26H33N3O5/c1-26(2,3)34-25(31)29-23-12-9-19(15-21(23)22(27-29)13-14-28(4)5)16-24(30)33-17-18-7-10-20(32-6)11-8-18/h7-12,15H,13-14,16-17H2,1-6H3. The first-order valence-electron chi connectivity index (χ1n) is 11.2. The van der Waals surface area contributed by atoms with Crippen molar-refractivity contribution in [2.75, 3.05) is 27.7 Å². The highest BCUT2D eigenvalue weighted by molar-refractivity contribution is 5.91. The molecule has 0 amide bonds. The van der Waals surface area contributed by atoms with Gasteiger partial charge in [0.25, 0.3) is 0 Å². The van der Waals surface area contributed by atoms with Crippen molar-refractivity contribution in [2.45, 2.75) is 45.8 Å². The number of carbonyl (C=O) groups is 2. The Labute approximate surface area is 200 Å². The summed E-state index contributed by atoms with van der Waals surface area (Å²) in [6.07, 6.45) is 0.252. The van der Waals surface area contributed by atoms with Crippen LogP contribution in [0.3, 0.4) is 0 Å². The maximum atomic E-state index is 12.7. The summed E-state index contributed by atoms with van der Waals surface area (Å²) in [4.78, 5) is 27.3. The molecule has 0 spiro atoms. The number of methoxy groups -OCH3 is 1. The van der Waals surface area contributed by atoms with Crippen molar-refractivity contribution < 1.29 is 23.8 Å². The third-order valence-electron chi connectivity index (χ3n) is 5.09. The van der Waals surface area contributed by atoms with E-state index in [1.807, 2.05) is 71.3 Å². The maximum Gasteiger partial charge on any atom is 0.435 e. The Morgan fingerprint density at radius 2 is 1.71 bits per heavy atom. The summed E-state index contributed by atoms with van der Waals surface area (Å²) in [5, 5.41) is 5.37. The van der Waals surface area contributed by atoms with E-state index >= 15 is 0 Å². The molecular formula is C26H33N3O5. The second kappa shape index (κ2) is 10.7. The number of fused-ring (bicyclic) bond motifs is 1. The quantitative estimate of drug-likeness (QED) is 0.459. The maximum absolute atomic E-state index is 12.7. The molecule has 0 aliphatic carbocycles. The summed E-state index contributed by atoms with van der Waals surface area (Å²) < 4.78 is 17.4. The summed E-state index contributed by atoms with van der Waals surface area (Å²) >= 11 is 0. The van der Waals surface area contributed by atoms with E-state index in [0.29, 0.717) is 11.9 Å². The summed E-state index contributed by atoms with van der Waals surface area (Å²) in [6, 6.07) is 12.9. The van der Waals surface area contributed by atoms with Crippen LogP contribution in [0.4, 0.5) is 4.79 Å². The number of rotatable bonds is 8. The smallest absolute Gasteiger partial charge is 0.435 e. The minimum atomic E-state index is -0.632. The van der Waals surface area contributed by atoms with Crippen molar-refractivity contribution >= 4 is 23.0 Å². The molecule has 0 saturated heterocycles. The van der Waals surface area contributed by atoms with Crippen molar-refractivity contribution in [3.8, 4) is 5.75 Å². The fourth-order valence-electron chi connectivity index (χ4n) is 3.40. The van der Waals surface area contributed by atoms with Crippen LogP contribution in [0.5, 0.6) is 5.75 Å². The molecule has 0 unspecified atom stereocenters. The first kappa shape index (κ1) is 25.2. The van der Waals surface area contributed by atoms with Crippen LogP contribution in [0.2, 0.25) is 0 Å². The Bertz CT molecular complexity index is 1140. The molecule has 182 valence electrons. The number of hydrogen-bond donors (Lipinski definition) is 0. The normalized spacial score (nSPS) is 11.6. The van der Waals surface area contributed by atoms with Crippen LogP contribution >= 0.6 is 0 Å². The number of esters is 1. The number of carbonyl (C=O) groups excluding carboxylic acids is 2. The molecular weight excluding hydrogens is 434 g/mol. The van der Waals surface area contributed by atoms with E-state index in [1.54, 1.807) is 13.2 Å². The zero-order chi connectivity index (χ0) is 24.9. The highest BCUT2D eigenvalue weighted by atomic mass is 16.6. The molecule has 2 aromatic carbocycles. The van der Waals surface area contributed by atoms with Crippen molar-refractivity contribution in [2.24, 2.45) is 0 Å². The highest BCUT2D eigenvalue weighted by Crippen LogP contribution is 2.23. The van der Waals surface area contributed by atoms with Gasteiger partial charge in [0, 0.05) is 18.4 Å². The minimum absolute atomic E-state index is 0.122. The molecule has 8 nitrogen and oxygen atoms in total. The second-order valence-electron chi connectivity index (χ2n) is 9.43. The lowest BCUT2D eigenvalue weighted by Crippen LogP contribution is -2.27. The average Bonchev–Trinajstić information content (AvgIpc) is 3.13. The minimum Gasteiger partial charge on any atom is -0.497 e. The van der Waals surface area contributed by atoms with Gasteiger partial charge < -0.3 is 19.1 Å². The lowest BCUT2D eigenvalue weighted by Gasteiger charge is -2.19. The molecule has 0 bridgehead atoms. The summed E-state index contributed by atoms with van der Waals surface area (Å²) in [7, 11) is 5.57. The average molecular weight is 468 g/mol. The highest BCUT2D eigenvalue weighted by Gasteiger charge is 2.22. The van der Waals surface area contributed by atoms with Gasteiger partial charge in [0.05, 0.1) is 24.7 Å². The van der Waals surface area contributed by atoms with Crippen molar-refractivity contribution in [3.63, 3.8) is 0 Å². The van der Waals surface area contributed by atoms with Gasteiger partial charge in [-0.25, -0.2) is 4.79 Å². The lowest BCUT2D eigenvalue weighted by molar-refractivity contribution is -0.144. The first-order chi connectivity index (χ1) is 16.1. The van der Waals surface area contributed by atoms with Crippen molar-refractivity contribution in [3.05, 3.63) is 59.3 Å². The number of aromatic nitrogens is 2. The van der Waals surface area contributed by atoms with Crippen LogP contribution in [-0.2, 0) is 33.7 Å². The topological polar surface area (TPSA) is 82.9 Å². The van der Waals surface area contributed by atoms with Gasteiger partial charge in [-0.2, -0.15) is 9.78 Å². The van der Waals surface area contributed by atoms with Gasteiger partial charge in [-0.1, -0.05) is 18.2 Å². The number of benzene rings is 2. The molecule has 0 fully saturated rings.